The van der Waals surface area contributed by atoms with Crippen molar-refractivity contribution < 1.29 is 4.21 Å². The Bertz CT molecular complexity index is 627. The summed E-state index contributed by atoms with van der Waals surface area (Å²) in [6.45, 7) is 4.21. The molecule has 4 nitrogen and oxygen atoms in total. The lowest BCUT2D eigenvalue weighted by molar-refractivity contribution is 0.475. The lowest BCUT2D eigenvalue weighted by atomic mass is 10.3. The highest BCUT2D eigenvalue weighted by Crippen LogP contribution is 2.24. The van der Waals surface area contributed by atoms with E-state index in [1.54, 1.807) is 18.2 Å². The van der Waals surface area contributed by atoms with Gasteiger partial charge in [0.05, 0.1) is 32.2 Å². The van der Waals surface area contributed by atoms with E-state index in [1.807, 2.05) is 16.9 Å². The highest BCUT2D eigenvalue weighted by molar-refractivity contribution is 7.84. The monoisotopic (exact) mass is 311 g/mol. The zero-order valence-electron chi connectivity index (χ0n) is 11.5. The maximum absolute atomic E-state index is 12.4. The van der Waals surface area contributed by atoms with E-state index in [-0.39, 0.29) is 0 Å². The molecule has 2 unspecified atom stereocenters. The second kappa shape index (κ2) is 6.41. The van der Waals surface area contributed by atoms with Crippen LogP contribution >= 0.6 is 11.6 Å². The fourth-order valence-corrected chi connectivity index (χ4v) is 3.30. The number of aromatic nitrogens is 2. The van der Waals surface area contributed by atoms with E-state index in [2.05, 4.69) is 18.9 Å². The molecule has 108 valence electrons. The molecule has 2 rings (SSSR count). The molecular weight excluding hydrogens is 294 g/mol. The summed E-state index contributed by atoms with van der Waals surface area (Å²) in [6.07, 6.45) is 2.92. The third-order valence-electron chi connectivity index (χ3n) is 3.19. The number of anilines is 1. The van der Waals surface area contributed by atoms with Gasteiger partial charge in [-0.1, -0.05) is 18.5 Å². The van der Waals surface area contributed by atoms with E-state index in [1.165, 1.54) is 0 Å². The van der Waals surface area contributed by atoms with E-state index >= 15 is 0 Å². The van der Waals surface area contributed by atoms with Crippen molar-refractivity contribution >= 4 is 28.1 Å². The number of benzene rings is 1. The summed E-state index contributed by atoms with van der Waals surface area (Å²) < 4.78 is 14.3. The molecule has 0 fully saturated rings. The highest BCUT2D eigenvalue weighted by Gasteiger charge is 2.12. The minimum Gasteiger partial charge on any atom is -0.399 e. The first kappa shape index (κ1) is 15.1. The van der Waals surface area contributed by atoms with Crippen LogP contribution in [-0.2, 0) is 16.6 Å². The summed E-state index contributed by atoms with van der Waals surface area (Å²) >= 11 is 6.06. The van der Waals surface area contributed by atoms with Crippen LogP contribution in [-0.4, -0.2) is 14.0 Å². The summed E-state index contributed by atoms with van der Waals surface area (Å²) in [6, 6.07) is 7.25. The smallest absolute Gasteiger partial charge is 0.0753 e. The van der Waals surface area contributed by atoms with Crippen LogP contribution in [0.1, 0.15) is 32.0 Å². The molecule has 0 radical (unpaired) electrons. The van der Waals surface area contributed by atoms with E-state index in [9.17, 15) is 4.21 Å². The van der Waals surface area contributed by atoms with Crippen molar-refractivity contribution in [3.8, 4) is 0 Å². The molecule has 0 aliphatic rings. The van der Waals surface area contributed by atoms with E-state index in [4.69, 9.17) is 17.3 Å². The van der Waals surface area contributed by atoms with E-state index in [0.717, 1.165) is 12.1 Å². The molecule has 0 bridgehead atoms. The summed E-state index contributed by atoms with van der Waals surface area (Å²) in [5.74, 6) is 0.340. The van der Waals surface area contributed by atoms with Gasteiger partial charge in [-0.15, -0.1) is 0 Å². The van der Waals surface area contributed by atoms with Crippen LogP contribution in [0.15, 0.2) is 35.4 Å². The largest absolute Gasteiger partial charge is 0.399 e. The van der Waals surface area contributed by atoms with E-state index in [0.29, 0.717) is 27.4 Å². The van der Waals surface area contributed by atoms with Gasteiger partial charge in [-0.25, -0.2) is 0 Å². The Morgan fingerprint density at radius 2 is 2.20 bits per heavy atom. The molecule has 2 aromatic rings. The summed E-state index contributed by atoms with van der Waals surface area (Å²) in [5, 5.41) is 4.92. The average Bonchev–Trinajstić information content (AvgIpc) is 2.89. The molecule has 0 saturated heterocycles. The van der Waals surface area contributed by atoms with Gasteiger partial charge in [-0.05, 0) is 37.6 Å². The van der Waals surface area contributed by atoms with Crippen LogP contribution in [0.3, 0.4) is 0 Å². The van der Waals surface area contributed by atoms with Crippen molar-refractivity contribution in [3.05, 3.63) is 41.2 Å². The van der Waals surface area contributed by atoms with Crippen LogP contribution < -0.4 is 5.73 Å². The summed E-state index contributed by atoms with van der Waals surface area (Å²) in [5.41, 5.74) is 7.06. The Hall–Kier alpha value is -1.33. The molecule has 2 atom stereocenters. The minimum absolute atomic E-state index is 0.340. The van der Waals surface area contributed by atoms with Crippen molar-refractivity contribution in [2.75, 3.05) is 5.73 Å². The topological polar surface area (TPSA) is 60.9 Å². The molecule has 1 heterocycles. The Morgan fingerprint density at radius 1 is 1.45 bits per heavy atom. The Balaban J connectivity index is 2.15. The number of hydrogen-bond acceptors (Lipinski definition) is 3. The van der Waals surface area contributed by atoms with Gasteiger partial charge in [0, 0.05) is 17.9 Å². The second-order valence-electron chi connectivity index (χ2n) is 4.72. The molecule has 20 heavy (non-hydrogen) atoms. The van der Waals surface area contributed by atoms with E-state index < -0.39 is 10.8 Å². The van der Waals surface area contributed by atoms with Gasteiger partial charge in [0.1, 0.15) is 0 Å². The van der Waals surface area contributed by atoms with Crippen LogP contribution in [0, 0.1) is 0 Å². The highest BCUT2D eigenvalue weighted by atomic mass is 35.5. The molecule has 1 aromatic carbocycles. The molecule has 0 aliphatic carbocycles. The molecule has 0 amide bonds. The van der Waals surface area contributed by atoms with Gasteiger partial charge in [0.2, 0.25) is 0 Å². The number of halogens is 1. The molecule has 1 aromatic heterocycles. The van der Waals surface area contributed by atoms with Gasteiger partial charge in [-0.2, -0.15) is 5.10 Å². The zero-order valence-corrected chi connectivity index (χ0v) is 13.1. The molecule has 2 N–H and O–H groups in total. The third-order valence-corrected chi connectivity index (χ3v) is 5.01. The number of nitrogens with two attached hydrogens (primary N) is 1. The summed E-state index contributed by atoms with van der Waals surface area (Å²) in [7, 11) is -1.25. The Labute approximate surface area is 126 Å². The fraction of sp³-hybridized carbons (Fsp3) is 0.357. The first-order valence-corrected chi connectivity index (χ1v) is 8.18. The van der Waals surface area contributed by atoms with Crippen LogP contribution in [0.25, 0.3) is 0 Å². The number of hydrogen-bond donors (Lipinski definition) is 1. The SMILES string of the molecule is CCC(C)n1ccc(CS(=O)c2cc(N)ccc2Cl)n1. The molecule has 0 spiro atoms. The minimum atomic E-state index is -1.25. The van der Waals surface area contributed by atoms with Crippen molar-refractivity contribution in [2.45, 2.75) is 37.0 Å². The second-order valence-corrected chi connectivity index (χ2v) is 6.55. The lowest BCUT2D eigenvalue weighted by Gasteiger charge is -2.08. The third kappa shape index (κ3) is 3.41. The van der Waals surface area contributed by atoms with Crippen molar-refractivity contribution in [2.24, 2.45) is 0 Å². The quantitative estimate of drug-likeness (QED) is 0.861. The maximum atomic E-state index is 12.4. The van der Waals surface area contributed by atoms with Crippen molar-refractivity contribution in [3.63, 3.8) is 0 Å². The van der Waals surface area contributed by atoms with Crippen LogP contribution in [0.4, 0.5) is 5.69 Å². The van der Waals surface area contributed by atoms with Crippen molar-refractivity contribution in [1.29, 1.82) is 0 Å². The predicted molar refractivity (Wildman–Crippen MR) is 83.2 cm³/mol. The Morgan fingerprint density at radius 3 is 2.90 bits per heavy atom. The first-order chi connectivity index (χ1) is 9.51. The predicted octanol–water partition coefficient (Wildman–Crippen LogP) is 3.40. The van der Waals surface area contributed by atoms with Gasteiger partial charge in [-0.3, -0.25) is 8.89 Å². The van der Waals surface area contributed by atoms with Gasteiger partial charge < -0.3 is 5.73 Å². The average molecular weight is 312 g/mol. The standard InChI is InChI=1S/C14H18ClN3OS/c1-3-10(2)18-7-6-12(17-18)9-20(19)14-8-11(16)4-5-13(14)15/h4-8,10H,3,9,16H2,1-2H3. The molecule has 0 aliphatic heterocycles. The summed E-state index contributed by atoms with van der Waals surface area (Å²) in [4.78, 5) is 0.560. The fourth-order valence-electron chi connectivity index (χ4n) is 1.79. The van der Waals surface area contributed by atoms with Gasteiger partial charge in [0.15, 0.2) is 0 Å². The molecule has 6 heteroatoms. The van der Waals surface area contributed by atoms with Gasteiger partial charge in [0.25, 0.3) is 0 Å². The van der Waals surface area contributed by atoms with Crippen LogP contribution in [0.5, 0.6) is 0 Å². The zero-order chi connectivity index (χ0) is 14.7. The molecular formula is C14H18ClN3OS. The molecule has 0 saturated carbocycles. The number of rotatable bonds is 5. The Kier molecular flexibility index (Phi) is 4.83. The van der Waals surface area contributed by atoms with Gasteiger partial charge >= 0.3 is 0 Å². The normalized spacial score (nSPS) is 14.2. The maximum Gasteiger partial charge on any atom is 0.0753 e. The number of nitrogen functional groups attached to an aromatic ring is 1. The van der Waals surface area contributed by atoms with Crippen molar-refractivity contribution in [1.82, 2.24) is 9.78 Å². The number of nitrogens with zero attached hydrogens (tertiary/aromatic N) is 2. The first-order valence-electron chi connectivity index (χ1n) is 6.48. The van der Waals surface area contributed by atoms with Crippen LogP contribution in [0.2, 0.25) is 5.02 Å². The lowest BCUT2D eigenvalue weighted by Crippen LogP contribution is -2.06.